The molecule has 1 atom stereocenters. The number of ether oxygens (including phenoxy) is 1. The van der Waals surface area contributed by atoms with Gasteiger partial charge in [-0.3, -0.25) is 4.90 Å². The Morgan fingerprint density at radius 2 is 2.13 bits per heavy atom. The third-order valence-electron chi connectivity index (χ3n) is 6.48. The van der Waals surface area contributed by atoms with Gasteiger partial charge in [-0.05, 0) is 38.4 Å². The van der Waals surface area contributed by atoms with Crippen LogP contribution < -0.4 is 16.2 Å². The van der Waals surface area contributed by atoms with Crippen molar-refractivity contribution in [2.45, 2.75) is 44.8 Å². The number of aryl methyl sites for hydroxylation is 1. The van der Waals surface area contributed by atoms with Crippen molar-refractivity contribution in [3.8, 4) is 5.88 Å². The molecule has 9 nitrogen and oxygen atoms in total. The second kappa shape index (κ2) is 7.12. The van der Waals surface area contributed by atoms with Crippen molar-refractivity contribution in [1.29, 1.82) is 0 Å². The van der Waals surface area contributed by atoms with Gasteiger partial charge >= 0.3 is 5.97 Å². The van der Waals surface area contributed by atoms with Gasteiger partial charge in [-0.1, -0.05) is 11.6 Å². The smallest absolute Gasteiger partial charge is 0.352 e. The molecule has 2 aromatic heterocycles. The molecule has 6 N–H and O–H groups in total. The maximum absolute atomic E-state index is 11.9. The second-order valence-corrected chi connectivity index (χ2v) is 8.68. The van der Waals surface area contributed by atoms with Gasteiger partial charge < -0.3 is 26.3 Å². The summed E-state index contributed by atoms with van der Waals surface area (Å²) in [5.41, 5.74) is 15.3. The van der Waals surface area contributed by atoms with Crippen molar-refractivity contribution < 1.29 is 14.6 Å². The lowest BCUT2D eigenvalue weighted by molar-refractivity contribution is 0.0683. The Labute approximate surface area is 179 Å². The number of rotatable bonds is 3. The molecule has 1 spiro atoms. The molecule has 162 valence electrons. The first kappa shape index (κ1) is 19.6. The summed E-state index contributed by atoms with van der Waals surface area (Å²) >= 11 is 0. The summed E-state index contributed by atoms with van der Waals surface area (Å²) in [6.07, 6.45) is 3.28. The number of nitrogen functional groups attached to an aromatic ring is 2. The number of aromatic carboxylic acids is 1. The highest BCUT2D eigenvalue weighted by Gasteiger charge is 2.43. The number of hydrogen-bond donors (Lipinski definition) is 4. The number of anilines is 2. The van der Waals surface area contributed by atoms with Crippen LogP contribution >= 0.6 is 0 Å². The highest BCUT2D eigenvalue weighted by atomic mass is 16.5. The number of H-pyrrole nitrogens is 1. The van der Waals surface area contributed by atoms with Crippen molar-refractivity contribution in [2.75, 3.05) is 24.6 Å². The Hall–Kier alpha value is -3.33. The van der Waals surface area contributed by atoms with Crippen LogP contribution in [0.4, 0.5) is 11.8 Å². The topological polar surface area (TPSA) is 143 Å². The van der Waals surface area contributed by atoms with E-state index in [4.69, 9.17) is 16.2 Å². The third kappa shape index (κ3) is 3.44. The molecule has 0 radical (unpaired) electrons. The molecule has 5 rings (SSSR count). The maximum Gasteiger partial charge on any atom is 0.352 e. The zero-order valence-electron chi connectivity index (χ0n) is 17.4. The highest BCUT2D eigenvalue weighted by molar-refractivity contribution is 5.97. The summed E-state index contributed by atoms with van der Waals surface area (Å²) in [4.78, 5) is 25.6. The summed E-state index contributed by atoms with van der Waals surface area (Å²) in [6, 6.07) is 5.98. The minimum atomic E-state index is -0.934. The fraction of sp³-hybridized carbons (Fsp3) is 0.409. The molecule has 3 aromatic rings. The molecular formula is C22H26N6O3. The van der Waals surface area contributed by atoms with Gasteiger partial charge in [0.25, 0.3) is 0 Å². The predicted molar refractivity (Wildman–Crippen MR) is 117 cm³/mol. The van der Waals surface area contributed by atoms with Crippen molar-refractivity contribution in [1.82, 2.24) is 19.9 Å². The Bertz CT molecular complexity index is 1190. The number of aromatic nitrogens is 3. The maximum atomic E-state index is 11.9. The minimum Gasteiger partial charge on any atom is -0.477 e. The first-order chi connectivity index (χ1) is 14.8. The van der Waals surface area contributed by atoms with Crippen LogP contribution in [0.3, 0.4) is 0 Å². The third-order valence-corrected chi connectivity index (χ3v) is 6.48. The molecule has 1 fully saturated rings. The number of nitrogens with two attached hydrogens (primary N) is 2. The van der Waals surface area contributed by atoms with Crippen LogP contribution in [0.25, 0.3) is 10.9 Å². The largest absolute Gasteiger partial charge is 0.477 e. The summed E-state index contributed by atoms with van der Waals surface area (Å²) in [5, 5.41) is 10.7. The molecule has 1 saturated heterocycles. The Kier molecular flexibility index (Phi) is 4.51. The predicted octanol–water partition coefficient (Wildman–Crippen LogP) is 2.49. The standard InChI is InChI=1S/C22H26N6O3/c1-12-3-4-16-13(9-12)15(17(25-16)20(29)30)11-28-7-2-5-22(6-8-28)10-14-18(23)26-21(24)27-19(14)31-22/h3-4,9,25H,2,5-8,10-11H2,1H3,(H,29,30)(H4,23,24,26,27)/t22-/m0/s1. The lowest BCUT2D eigenvalue weighted by atomic mass is 9.90. The molecular weight excluding hydrogens is 396 g/mol. The van der Waals surface area contributed by atoms with Crippen molar-refractivity contribution in [3.05, 3.63) is 40.6 Å². The Balaban J connectivity index is 1.38. The van der Waals surface area contributed by atoms with E-state index in [-0.39, 0.29) is 17.2 Å². The van der Waals surface area contributed by atoms with E-state index in [0.717, 1.165) is 59.9 Å². The first-order valence-electron chi connectivity index (χ1n) is 10.5. The molecule has 31 heavy (non-hydrogen) atoms. The van der Waals surface area contributed by atoms with Crippen LogP contribution in [0.1, 0.15) is 46.4 Å². The normalized spacial score (nSPS) is 21.2. The molecule has 0 bridgehead atoms. The summed E-state index contributed by atoms with van der Waals surface area (Å²) in [6.45, 7) is 4.24. The van der Waals surface area contributed by atoms with Crippen LogP contribution in [0.15, 0.2) is 18.2 Å². The van der Waals surface area contributed by atoms with E-state index in [1.807, 2.05) is 19.1 Å². The molecule has 4 heterocycles. The van der Waals surface area contributed by atoms with E-state index in [0.29, 0.717) is 24.7 Å². The number of carbonyl (C=O) groups is 1. The number of nitrogens with zero attached hydrogens (tertiary/aromatic N) is 3. The molecule has 9 heteroatoms. The van der Waals surface area contributed by atoms with E-state index in [1.54, 1.807) is 0 Å². The Morgan fingerprint density at radius 3 is 2.94 bits per heavy atom. The van der Waals surface area contributed by atoms with E-state index >= 15 is 0 Å². The number of likely N-dealkylation sites (tertiary alicyclic amines) is 1. The lowest BCUT2D eigenvalue weighted by Crippen LogP contribution is -2.36. The molecule has 2 aliphatic heterocycles. The molecule has 0 aliphatic carbocycles. The van der Waals surface area contributed by atoms with E-state index in [9.17, 15) is 9.90 Å². The van der Waals surface area contributed by atoms with Crippen LogP contribution in [-0.4, -0.2) is 49.6 Å². The van der Waals surface area contributed by atoms with Crippen molar-refractivity contribution >= 4 is 28.6 Å². The zero-order valence-corrected chi connectivity index (χ0v) is 17.4. The number of carboxylic acid groups (broad SMARTS) is 1. The van der Waals surface area contributed by atoms with E-state index < -0.39 is 5.97 Å². The van der Waals surface area contributed by atoms with Gasteiger partial charge in [-0.25, -0.2) is 4.79 Å². The van der Waals surface area contributed by atoms with E-state index in [1.165, 1.54) is 0 Å². The number of hydrogen-bond acceptors (Lipinski definition) is 7. The second-order valence-electron chi connectivity index (χ2n) is 8.68. The zero-order chi connectivity index (χ0) is 21.8. The van der Waals surface area contributed by atoms with Gasteiger partial charge in [-0.2, -0.15) is 9.97 Å². The number of fused-ring (bicyclic) bond motifs is 2. The number of aromatic amines is 1. The number of benzene rings is 1. The van der Waals surface area contributed by atoms with Crippen molar-refractivity contribution in [2.24, 2.45) is 0 Å². The summed E-state index contributed by atoms with van der Waals surface area (Å²) in [7, 11) is 0. The molecule has 1 aromatic carbocycles. The Morgan fingerprint density at radius 1 is 1.29 bits per heavy atom. The van der Waals surface area contributed by atoms with Gasteiger partial charge in [0.05, 0.1) is 5.56 Å². The fourth-order valence-electron chi connectivity index (χ4n) is 4.90. The van der Waals surface area contributed by atoms with Crippen molar-refractivity contribution in [3.63, 3.8) is 0 Å². The van der Waals surface area contributed by atoms with Gasteiger partial charge in [0, 0.05) is 42.4 Å². The first-order valence-corrected chi connectivity index (χ1v) is 10.5. The van der Waals surface area contributed by atoms with Gasteiger partial charge in [0.1, 0.15) is 17.1 Å². The molecule has 0 unspecified atom stereocenters. The van der Waals surface area contributed by atoms with Crippen LogP contribution in [0.2, 0.25) is 0 Å². The van der Waals surface area contributed by atoms with Crippen LogP contribution in [-0.2, 0) is 13.0 Å². The quantitative estimate of drug-likeness (QED) is 0.504. The fourth-order valence-corrected chi connectivity index (χ4v) is 4.90. The van der Waals surface area contributed by atoms with Crippen LogP contribution in [0.5, 0.6) is 5.88 Å². The minimum absolute atomic E-state index is 0.124. The monoisotopic (exact) mass is 422 g/mol. The van der Waals surface area contributed by atoms with E-state index in [2.05, 4.69) is 25.9 Å². The highest BCUT2D eigenvalue weighted by Crippen LogP contribution is 2.42. The molecule has 0 saturated carbocycles. The van der Waals surface area contributed by atoms with Crippen LogP contribution in [0, 0.1) is 6.92 Å². The number of nitrogens with one attached hydrogen (secondary N) is 1. The average molecular weight is 422 g/mol. The van der Waals surface area contributed by atoms with Gasteiger partial charge in [-0.15, -0.1) is 0 Å². The average Bonchev–Trinajstić information content (AvgIpc) is 3.17. The summed E-state index contributed by atoms with van der Waals surface area (Å²) in [5.74, 6) is 0.0789. The molecule has 2 aliphatic rings. The van der Waals surface area contributed by atoms with Gasteiger partial charge in [0.2, 0.25) is 11.8 Å². The SMILES string of the molecule is Cc1ccc2[nH]c(C(=O)O)c(CN3CCC[C@]4(CC3)Cc3c(N)nc(N)nc3O4)c2c1. The number of carboxylic acids is 1. The summed E-state index contributed by atoms with van der Waals surface area (Å²) < 4.78 is 6.27. The lowest BCUT2D eigenvalue weighted by Gasteiger charge is -2.27. The van der Waals surface area contributed by atoms with Gasteiger partial charge in [0.15, 0.2) is 0 Å². The molecule has 0 amide bonds.